The molecule has 1 fully saturated rings. The van der Waals surface area contributed by atoms with Crippen molar-refractivity contribution in [2.45, 2.75) is 25.8 Å². The van der Waals surface area contributed by atoms with Gasteiger partial charge in [-0.15, -0.1) is 11.3 Å². The van der Waals surface area contributed by atoms with E-state index in [1.807, 2.05) is 5.51 Å². The van der Waals surface area contributed by atoms with Gasteiger partial charge in [-0.2, -0.15) is 0 Å². The summed E-state index contributed by atoms with van der Waals surface area (Å²) in [5.74, 6) is 0. The Morgan fingerprint density at radius 3 is 2.65 bits per heavy atom. The largest absolute Gasteiger partial charge is 0.372 e. The Balaban J connectivity index is 1.43. The Labute approximate surface area is 124 Å². The minimum absolute atomic E-state index is 0.935. The first-order valence-electron chi connectivity index (χ1n) is 7.33. The summed E-state index contributed by atoms with van der Waals surface area (Å²) in [6, 6.07) is 8.98. The highest BCUT2D eigenvalue weighted by molar-refractivity contribution is 7.07. The number of hydrogen-bond donors (Lipinski definition) is 1. The molecule has 1 aliphatic rings. The molecule has 4 heteroatoms. The van der Waals surface area contributed by atoms with Crippen LogP contribution in [0.2, 0.25) is 0 Å². The molecule has 1 aromatic carbocycles. The fraction of sp³-hybridized carbons (Fsp3) is 0.438. The molecule has 0 unspecified atom stereocenters. The number of aromatic nitrogens is 1. The minimum Gasteiger partial charge on any atom is -0.372 e. The van der Waals surface area contributed by atoms with Crippen molar-refractivity contribution >= 4 is 17.0 Å². The Kier molecular flexibility index (Phi) is 4.66. The Hall–Kier alpha value is -1.39. The molecule has 2 aromatic rings. The van der Waals surface area contributed by atoms with Gasteiger partial charge in [-0.25, -0.2) is 4.98 Å². The number of nitrogens with one attached hydrogen (secondary N) is 1. The van der Waals surface area contributed by atoms with Gasteiger partial charge in [-0.05, 0) is 30.5 Å². The SMILES string of the molecule is c1nc(CCNCc2ccc(N3CCCC3)cc2)cs1. The van der Waals surface area contributed by atoms with Gasteiger partial charge in [-0.1, -0.05) is 12.1 Å². The van der Waals surface area contributed by atoms with Crippen molar-refractivity contribution in [2.75, 3.05) is 24.5 Å². The summed E-state index contributed by atoms with van der Waals surface area (Å²) >= 11 is 1.66. The molecule has 0 saturated carbocycles. The smallest absolute Gasteiger partial charge is 0.0794 e. The Morgan fingerprint density at radius 1 is 1.15 bits per heavy atom. The molecule has 0 aliphatic carbocycles. The van der Waals surface area contributed by atoms with Crippen molar-refractivity contribution in [1.82, 2.24) is 10.3 Å². The molecule has 3 rings (SSSR count). The molecule has 3 nitrogen and oxygen atoms in total. The van der Waals surface area contributed by atoms with Crippen LogP contribution in [0.4, 0.5) is 5.69 Å². The van der Waals surface area contributed by atoms with Crippen LogP contribution in [-0.4, -0.2) is 24.6 Å². The molecule has 1 aromatic heterocycles. The van der Waals surface area contributed by atoms with Gasteiger partial charge in [0.15, 0.2) is 0 Å². The lowest BCUT2D eigenvalue weighted by Gasteiger charge is -2.17. The van der Waals surface area contributed by atoms with E-state index < -0.39 is 0 Å². The molecule has 0 atom stereocenters. The fourth-order valence-corrected chi connectivity index (χ4v) is 3.20. The second kappa shape index (κ2) is 6.86. The second-order valence-electron chi connectivity index (χ2n) is 5.27. The normalized spacial score (nSPS) is 14.9. The molecule has 0 radical (unpaired) electrons. The van der Waals surface area contributed by atoms with Crippen molar-refractivity contribution in [2.24, 2.45) is 0 Å². The topological polar surface area (TPSA) is 28.2 Å². The highest BCUT2D eigenvalue weighted by Crippen LogP contribution is 2.20. The predicted molar refractivity (Wildman–Crippen MR) is 85.4 cm³/mol. The molecule has 2 heterocycles. The van der Waals surface area contributed by atoms with E-state index in [4.69, 9.17) is 0 Å². The third kappa shape index (κ3) is 3.58. The molecule has 1 saturated heterocycles. The zero-order valence-corrected chi connectivity index (χ0v) is 12.5. The molecule has 1 aliphatic heterocycles. The standard InChI is InChI=1S/C16H21N3S/c1-2-10-19(9-1)16-5-3-14(4-6-16)11-17-8-7-15-12-20-13-18-15/h3-6,12-13,17H,1-2,7-11H2. The predicted octanol–water partition coefficient (Wildman–Crippen LogP) is 3.08. The van der Waals surface area contributed by atoms with E-state index in [-0.39, 0.29) is 0 Å². The monoisotopic (exact) mass is 287 g/mol. The molecular formula is C16H21N3S. The number of rotatable bonds is 6. The van der Waals surface area contributed by atoms with Crippen LogP contribution in [0, 0.1) is 0 Å². The molecule has 0 amide bonds. The van der Waals surface area contributed by atoms with Gasteiger partial charge in [0.25, 0.3) is 0 Å². The lowest BCUT2D eigenvalue weighted by atomic mass is 10.2. The quantitative estimate of drug-likeness (QED) is 0.828. The van der Waals surface area contributed by atoms with Gasteiger partial charge < -0.3 is 10.2 Å². The summed E-state index contributed by atoms with van der Waals surface area (Å²) < 4.78 is 0. The molecule has 20 heavy (non-hydrogen) atoms. The van der Waals surface area contributed by atoms with Crippen LogP contribution in [-0.2, 0) is 13.0 Å². The highest BCUT2D eigenvalue weighted by atomic mass is 32.1. The molecule has 0 spiro atoms. The van der Waals surface area contributed by atoms with E-state index in [0.717, 1.165) is 19.5 Å². The zero-order valence-electron chi connectivity index (χ0n) is 11.7. The molecular weight excluding hydrogens is 266 g/mol. The van der Waals surface area contributed by atoms with Crippen LogP contribution in [0.1, 0.15) is 24.1 Å². The first-order chi connectivity index (χ1) is 9.92. The first kappa shape index (κ1) is 13.6. The fourth-order valence-electron chi connectivity index (χ4n) is 2.61. The van der Waals surface area contributed by atoms with Crippen LogP contribution < -0.4 is 10.2 Å². The number of thiazole rings is 1. The van der Waals surface area contributed by atoms with E-state index in [1.165, 1.54) is 42.9 Å². The van der Waals surface area contributed by atoms with Crippen LogP contribution in [0.5, 0.6) is 0 Å². The summed E-state index contributed by atoms with van der Waals surface area (Å²) in [6.45, 7) is 4.35. The van der Waals surface area contributed by atoms with Crippen molar-refractivity contribution in [3.63, 3.8) is 0 Å². The number of anilines is 1. The Morgan fingerprint density at radius 2 is 1.95 bits per heavy atom. The Bertz CT molecular complexity index is 501. The third-order valence-corrected chi connectivity index (χ3v) is 4.41. The van der Waals surface area contributed by atoms with Crippen molar-refractivity contribution in [3.8, 4) is 0 Å². The summed E-state index contributed by atoms with van der Waals surface area (Å²) in [5, 5.41) is 5.60. The summed E-state index contributed by atoms with van der Waals surface area (Å²) in [7, 11) is 0. The highest BCUT2D eigenvalue weighted by Gasteiger charge is 2.11. The van der Waals surface area contributed by atoms with Gasteiger partial charge in [0.05, 0.1) is 11.2 Å². The van der Waals surface area contributed by atoms with Gasteiger partial charge in [0.1, 0.15) is 0 Å². The first-order valence-corrected chi connectivity index (χ1v) is 8.28. The average Bonchev–Trinajstić information content (AvgIpc) is 3.17. The summed E-state index contributed by atoms with van der Waals surface area (Å²) in [6.07, 6.45) is 3.68. The minimum atomic E-state index is 0.935. The summed E-state index contributed by atoms with van der Waals surface area (Å²) in [4.78, 5) is 6.76. The van der Waals surface area contributed by atoms with Crippen LogP contribution >= 0.6 is 11.3 Å². The lowest BCUT2D eigenvalue weighted by molar-refractivity contribution is 0.681. The third-order valence-electron chi connectivity index (χ3n) is 3.78. The molecule has 106 valence electrons. The molecule has 1 N–H and O–H groups in total. The molecule has 0 bridgehead atoms. The van der Waals surface area contributed by atoms with Gasteiger partial charge in [-0.3, -0.25) is 0 Å². The maximum atomic E-state index is 4.29. The van der Waals surface area contributed by atoms with E-state index in [0.29, 0.717) is 0 Å². The van der Waals surface area contributed by atoms with Crippen LogP contribution in [0.15, 0.2) is 35.2 Å². The zero-order chi connectivity index (χ0) is 13.6. The van der Waals surface area contributed by atoms with Crippen molar-refractivity contribution in [1.29, 1.82) is 0 Å². The maximum absolute atomic E-state index is 4.29. The van der Waals surface area contributed by atoms with E-state index in [1.54, 1.807) is 11.3 Å². The lowest BCUT2D eigenvalue weighted by Crippen LogP contribution is -2.18. The number of nitrogens with zero attached hydrogens (tertiary/aromatic N) is 2. The van der Waals surface area contributed by atoms with E-state index in [2.05, 4.69) is 44.8 Å². The van der Waals surface area contributed by atoms with Gasteiger partial charge in [0.2, 0.25) is 0 Å². The average molecular weight is 287 g/mol. The van der Waals surface area contributed by atoms with Crippen LogP contribution in [0.25, 0.3) is 0 Å². The van der Waals surface area contributed by atoms with E-state index in [9.17, 15) is 0 Å². The van der Waals surface area contributed by atoms with Gasteiger partial charge >= 0.3 is 0 Å². The number of hydrogen-bond acceptors (Lipinski definition) is 4. The number of benzene rings is 1. The van der Waals surface area contributed by atoms with Crippen molar-refractivity contribution < 1.29 is 0 Å². The van der Waals surface area contributed by atoms with Crippen LogP contribution in [0.3, 0.4) is 0 Å². The second-order valence-corrected chi connectivity index (χ2v) is 5.99. The maximum Gasteiger partial charge on any atom is 0.0794 e. The van der Waals surface area contributed by atoms with Crippen molar-refractivity contribution in [3.05, 3.63) is 46.4 Å². The van der Waals surface area contributed by atoms with Gasteiger partial charge in [0, 0.05) is 43.7 Å². The van der Waals surface area contributed by atoms with E-state index >= 15 is 0 Å². The summed E-state index contributed by atoms with van der Waals surface area (Å²) in [5.41, 5.74) is 5.80.